The van der Waals surface area contributed by atoms with Crippen LogP contribution in [0.1, 0.15) is 12.0 Å². The Morgan fingerprint density at radius 2 is 1.94 bits per heavy atom. The summed E-state index contributed by atoms with van der Waals surface area (Å²) in [5.74, 6) is -1.15. The molecule has 0 aliphatic rings. The summed E-state index contributed by atoms with van der Waals surface area (Å²) in [6.45, 7) is 0. The molecule has 0 aliphatic heterocycles. The second-order valence-corrected chi connectivity index (χ2v) is 3.63. The summed E-state index contributed by atoms with van der Waals surface area (Å²) in [4.78, 5) is 3.35. The van der Waals surface area contributed by atoms with Gasteiger partial charge in [-0.05, 0) is 15.9 Å². The van der Waals surface area contributed by atoms with Crippen molar-refractivity contribution >= 4 is 27.5 Å². The van der Waals surface area contributed by atoms with Crippen molar-refractivity contribution in [3.05, 3.63) is 21.4 Å². The van der Waals surface area contributed by atoms with Crippen molar-refractivity contribution in [3.63, 3.8) is 0 Å². The molecule has 0 unspecified atom stereocenters. The summed E-state index contributed by atoms with van der Waals surface area (Å²) in [5.41, 5.74) is -1.02. The van der Waals surface area contributed by atoms with E-state index in [0.717, 1.165) is 0 Å². The summed E-state index contributed by atoms with van der Waals surface area (Å²) in [5, 5.41) is -0.657. The fourth-order valence-corrected chi connectivity index (χ4v) is 1.32. The predicted molar refractivity (Wildman–Crippen MR) is 48.6 cm³/mol. The van der Waals surface area contributed by atoms with Gasteiger partial charge in [-0.25, -0.2) is 13.8 Å². The largest absolute Gasteiger partial charge is 0.573 e. The zero-order valence-electron chi connectivity index (χ0n) is 7.16. The van der Waals surface area contributed by atoms with Crippen LogP contribution < -0.4 is 4.74 Å². The van der Waals surface area contributed by atoms with E-state index in [-0.39, 0.29) is 4.60 Å². The summed E-state index contributed by atoms with van der Waals surface area (Å²) in [6.07, 6.45) is -7.72. The maximum atomic E-state index is 12.4. The Bertz CT molecular complexity index is 397. The van der Waals surface area contributed by atoms with E-state index in [1.165, 1.54) is 0 Å². The minimum atomic E-state index is -5.10. The molecule has 0 saturated carbocycles. The first kappa shape index (κ1) is 13.4. The van der Waals surface area contributed by atoms with Crippen molar-refractivity contribution in [2.45, 2.75) is 12.8 Å². The van der Waals surface area contributed by atoms with Crippen LogP contribution in [0, 0.1) is 0 Å². The molecule has 2 nitrogen and oxygen atoms in total. The molecule has 0 radical (unpaired) electrons. The number of halogens is 7. The average molecular weight is 326 g/mol. The van der Waals surface area contributed by atoms with E-state index in [1.807, 2.05) is 0 Å². The molecule has 90 valence electrons. The zero-order valence-corrected chi connectivity index (χ0v) is 9.50. The Kier molecular flexibility index (Phi) is 3.95. The van der Waals surface area contributed by atoms with Crippen molar-refractivity contribution < 1.29 is 26.7 Å². The van der Waals surface area contributed by atoms with Gasteiger partial charge >= 0.3 is 6.36 Å². The van der Waals surface area contributed by atoms with Crippen molar-refractivity contribution in [2.24, 2.45) is 0 Å². The fraction of sp³-hybridized carbons (Fsp3) is 0.286. The lowest BCUT2D eigenvalue weighted by molar-refractivity contribution is -0.275. The first-order chi connectivity index (χ1) is 7.22. The summed E-state index contributed by atoms with van der Waals surface area (Å²) in [6, 6.07) is 0. The van der Waals surface area contributed by atoms with Crippen molar-refractivity contribution in [1.29, 1.82) is 0 Å². The van der Waals surface area contributed by atoms with Crippen LogP contribution in [0.2, 0.25) is 5.02 Å². The van der Waals surface area contributed by atoms with Gasteiger partial charge in [0.15, 0.2) is 5.75 Å². The molecule has 0 N–H and O–H groups in total. The third kappa shape index (κ3) is 3.18. The standard InChI is InChI=1S/C7H2BrClF5NO/c8-5-3(9)4(16-7(12,13)14)2(1-15-5)6(10)11/h1,6H. The molecule has 1 heterocycles. The normalized spacial score (nSPS) is 12.0. The van der Waals surface area contributed by atoms with E-state index in [1.54, 1.807) is 0 Å². The molecule has 0 bridgehead atoms. The highest BCUT2D eigenvalue weighted by Crippen LogP contribution is 2.40. The molecule has 0 amide bonds. The van der Waals surface area contributed by atoms with E-state index in [0.29, 0.717) is 6.20 Å². The lowest BCUT2D eigenvalue weighted by Crippen LogP contribution is -2.18. The third-order valence-electron chi connectivity index (χ3n) is 1.41. The van der Waals surface area contributed by atoms with Gasteiger partial charge in [-0.3, -0.25) is 0 Å². The second kappa shape index (κ2) is 4.70. The number of alkyl halides is 5. The Morgan fingerprint density at radius 3 is 2.38 bits per heavy atom. The third-order valence-corrected chi connectivity index (χ3v) is 2.59. The number of rotatable bonds is 2. The second-order valence-electron chi connectivity index (χ2n) is 2.50. The van der Waals surface area contributed by atoms with E-state index < -0.39 is 29.1 Å². The molecule has 0 spiro atoms. The van der Waals surface area contributed by atoms with Gasteiger partial charge in [0.25, 0.3) is 6.43 Å². The summed E-state index contributed by atoms with van der Waals surface area (Å²) in [7, 11) is 0. The van der Waals surface area contributed by atoms with Gasteiger partial charge < -0.3 is 4.74 Å². The highest BCUT2D eigenvalue weighted by atomic mass is 79.9. The molecule has 1 aromatic heterocycles. The Balaban J connectivity index is 3.26. The van der Waals surface area contributed by atoms with Gasteiger partial charge in [-0.2, -0.15) is 0 Å². The molecule has 0 saturated heterocycles. The zero-order chi connectivity index (χ0) is 12.5. The first-order valence-electron chi connectivity index (χ1n) is 3.60. The molecule has 0 aliphatic carbocycles. The smallest absolute Gasteiger partial charge is 0.404 e. The number of aromatic nitrogens is 1. The average Bonchev–Trinajstić information content (AvgIpc) is 2.10. The topological polar surface area (TPSA) is 22.1 Å². The van der Waals surface area contributed by atoms with Crippen LogP contribution >= 0.6 is 27.5 Å². The Hall–Kier alpha value is -0.630. The van der Waals surface area contributed by atoms with Crippen LogP contribution in [0.3, 0.4) is 0 Å². The number of ether oxygens (including phenoxy) is 1. The molecule has 16 heavy (non-hydrogen) atoms. The van der Waals surface area contributed by atoms with Crippen LogP contribution in [-0.4, -0.2) is 11.3 Å². The number of pyridine rings is 1. The number of hydrogen-bond acceptors (Lipinski definition) is 2. The monoisotopic (exact) mass is 325 g/mol. The lowest BCUT2D eigenvalue weighted by Gasteiger charge is -2.14. The maximum absolute atomic E-state index is 12.4. The Morgan fingerprint density at radius 1 is 1.38 bits per heavy atom. The maximum Gasteiger partial charge on any atom is 0.573 e. The Labute approximate surface area is 99.5 Å². The van der Waals surface area contributed by atoms with Crippen molar-refractivity contribution in [1.82, 2.24) is 4.98 Å². The van der Waals surface area contributed by atoms with Crippen LogP contribution in [0.5, 0.6) is 5.75 Å². The molecular formula is C7H2BrClF5NO. The van der Waals surface area contributed by atoms with E-state index >= 15 is 0 Å². The summed E-state index contributed by atoms with van der Waals surface area (Å²) >= 11 is 8.08. The van der Waals surface area contributed by atoms with Gasteiger partial charge in [0.05, 0.1) is 5.56 Å². The molecular weight excluding hydrogens is 324 g/mol. The van der Waals surface area contributed by atoms with Gasteiger partial charge in [0, 0.05) is 6.20 Å². The lowest BCUT2D eigenvalue weighted by atomic mass is 10.2. The van der Waals surface area contributed by atoms with E-state index in [9.17, 15) is 22.0 Å². The molecule has 1 aromatic rings. The van der Waals surface area contributed by atoms with Crippen molar-refractivity contribution in [3.8, 4) is 5.75 Å². The quantitative estimate of drug-likeness (QED) is 0.596. The van der Waals surface area contributed by atoms with Crippen LogP contribution in [-0.2, 0) is 0 Å². The van der Waals surface area contributed by atoms with Gasteiger partial charge in [-0.1, -0.05) is 11.6 Å². The predicted octanol–water partition coefficient (Wildman–Crippen LogP) is 4.33. The first-order valence-corrected chi connectivity index (χ1v) is 4.77. The fourth-order valence-electron chi connectivity index (χ4n) is 0.837. The molecule has 0 fully saturated rings. The SMILES string of the molecule is FC(F)c1cnc(Br)c(Cl)c1OC(F)(F)F. The van der Waals surface area contributed by atoms with Crippen LogP contribution in [0.15, 0.2) is 10.8 Å². The molecule has 9 heteroatoms. The van der Waals surface area contributed by atoms with E-state index in [4.69, 9.17) is 11.6 Å². The number of nitrogens with zero attached hydrogens (tertiary/aromatic N) is 1. The van der Waals surface area contributed by atoms with E-state index in [2.05, 4.69) is 25.7 Å². The van der Waals surface area contributed by atoms with Crippen LogP contribution in [0.25, 0.3) is 0 Å². The number of hydrogen-bond donors (Lipinski definition) is 0. The van der Waals surface area contributed by atoms with Gasteiger partial charge in [0.2, 0.25) is 0 Å². The molecule has 0 aromatic carbocycles. The highest BCUT2D eigenvalue weighted by Gasteiger charge is 2.35. The van der Waals surface area contributed by atoms with Crippen molar-refractivity contribution in [2.75, 3.05) is 0 Å². The summed E-state index contributed by atoms with van der Waals surface area (Å²) < 4.78 is 63.7. The molecule has 1 rings (SSSR count). The minimum absolute atomic E-state index is 0.210. The van der Waals surface area contributed by atoms with Gasteiger partial charge in [0.1, 0.15) is 9.63 Å². The van der Waals surface area contributed by atoms with Crippen LogP contribution in [0.4, 0.5) is 22.0 Å². The highest BCUT2D eigenvalue weighted by molar-refractivity contribution is 9.10. The molecule has 0 atom stereocenters. The minimum Gasteiger partial charge on any atom is -0.404 e. The van der Waals surface area contributed by atoms with Gasteiger partial charge in [-0.15, -0.1) is 13.2 Å².